The Bertz CT molecular complexity index is 687. The van der Waals surface area contributed by atoms with Crippen LogP contribution in [0.1, 0.15) is 29.5 Å². The topological polar surface area (TPSA) is 39.7 Å². The number of benzene rings is 2. The van der Waals surface area contributed by atoms with Crippen molar-refractivity contribution in [2.75, 3.05) is 20.3 Å². The van der Waals surface area contributed by atoms with E-state index in [1.165, 1.54) is 17.5 Å². The summed E-state index contributed by atoms with van der Waals surface area (Å²) in [6, 6.07) is 14.4. The zero-order chi connectivity index (χ0) is 17.5. The lowest BCUT2D eigenvalue weighted by Gasteiger charge is -2.14. The molecule has 5 heteroatoms. The van der Waals surface area contributed by atoms with Crippen molar-refractivity contribution in [2.24, 2.45) is 0 Å². The van der Waals surface area contributed by atoms with E-state index in [1.807, 2.05) is 18.2 Å². The van der Waals surface area contributed by atoms with Gasteiger partial charge in [0.1, 0.15) is 6.61 Å². The van der Waals surface area contributed by atoms with E-state index in [0.29, 0.717) is 12.7 Å². The number of ether oxygens (including phenoxy) is 3. The molecular weight excluding hydrogens is 350 g/mol. The Kier molecular flexibility index (Phi) is 8.23. The van der Waals surface area contributed by atoms with E-state index < -0.39 is 0 Å². The number of hydrogen-bond acceptors (Lipinski definition) is 4. The Morgan fingerprint density at radius 1 is 1.12 bits per heavy atom. The third kappa shape index (κ3) is 5.90. The van der Waals surface area contributed by atoms with Gasteiger partial charge in [-0.05, 0) is 43.0 Å². The molecule has 142 valence electrons. The Morgan fingerprint density at radius 2 is 2.00 bits per heavy atom. The third-order valence-electron chi connectivity index (χ3n) is 4.43. The summed E-state index contributed by atoms with van der Waals surface area (Å²) in [4.78, 5) is 0. The van der Waals surface area contributed by atoms with Crippen LogP contribution in [0.3, 0.4) is 0 Å². The summed E-state index contributed by atoms with van der Waals surface area (Å²) >= 11 is 0. The van der Waals surface area contributed by atoms with Crippen LogP contribution in [0.2, 0.25) is 0 Å². The van der Waals surface area contributed by atoms with Gasteiger partial charge in [0.25, 0.3) is 0 Å². The molecule has 0 bridgehead atoms. The van der Waals surface area contributed by atoms with E-state index in [2.05, 4.69) is 36.5 Å². The number of hydrogen-bond donors (Lipinski definition) is 1. The van der Waals surface area contributed by atoms with E-state index in [1.54, 1.807) is 7.11 Å². The Hall–Kier alpha value is -1.75. The monoisotopic (exact) mass is 377 g/mol. The molecule has 0 aliphatic carbocycles. The molecule has 1 saturated heterocycles. The van der Waals surface area contributed by atoms with Crippen molar-refractivity contribution in [1.82, 2.24) is 5.32 Å². The summed E-state index contributed by atoms with van der Waals surface area (Å²) in [6.07, 6.45) is 2.69. The molecular formula is C21H28ClNO3. The van der Waals surface area contributed by atoms with Crippen molar-refractivity contribution in [3.05, 3.63) is 59.2 Å². The molecule has 2 aromatic carbocycles. The van der Waals surface area contributed by atoms with Crippen LogP contribution in [0.15, 0.2) is 42.5 Å². The van der Waals surface area contributed by atoms with Gasteiger partial charge in [0.2, 0.25) is 0 Å². The molecule has 2 aromatic rings. The lowest BCUT2D eigenvalue weighted by atomic mass is 10.1. The first kappa shape index (κ1) is 20.6. The van der Waals surface area contributed by atoms with E-state index in [0.717, 1.165) is 43.2 Å². The molecule has 1 heterocycles. The van der Waals surface area contributed by atoms with Gasteiger partial charge < -0.3 is 19.5 Å². The van der Waals surface area contributed by atoms with Crippen LogP contribution in [0.25, 0.3) is 0 Å². The van der Waals surface area contributed by atoms with Gasteiger partial charge in [-0.1, -0.05) is 35.9 Å². The molecule has 1 aliphatic rings. The molecule has 0 spiro atoms. The minimum absolute atomic E-state index is 0. The second-order valence-corrected chi connectivity index (χ2v) is 6.53. The molecule has 1 N–H and O–H groups in total. The Morgan fingerprint density at radius 3 is 2.73 bits per heavy atom. The largest absolute Gasteiger partial charge is 0.493 e. The summed E-state index contributed by atoms with van der Waals surface area (Å²) in [5.74, 6) is 1.54. The van der Waals surface area contributed by atoms with Crippen LogP contribution in [-0.4, -0.2) is 26.4 Å². The number of halogens is 1. The van der Waals surface area contributed by atoms with Crippen molar-refractivity contribution >= 4 is 12.4 Å². The van der Waals surface area contributed by atoms with Crippen LogP contribution in [-0.2, 0) is 17.9 Å². The maximum atomic E-state index is 5.94. The fourth-order valence-corrected chi connectivity index (χ4v) is 3.09. The van der Waals surface area contributed by atoms with E-state index in [-0.39, 0.29) is 12.4 Å². The third-order valence-corrected chi connectivity index (χ3v) is 4.43. The van der Waals surface area contributed by atoms with Crippen molar-refractivity contribution in [2.45, 2.75) is 39.0 Å². The summed E-state index contributed by atoms with van der Waals surface area (Å²) in [6.45, 7) is 5.21. The van der Waals surface area contributed by atoms with E-state index in [4.69, 9.17) is 14.2 Å². The molecule has 3 rings (SSSR count). The highest BCUT2D eigenvalue weighted by Gasteiger charge is 2.14. The minimum Gasteiger partial charge on any atom is -0.493 e. The molecule has 26 heavy (non-hydrogen) atoms. The lowest BCUT2D eigenvalue weighted by Crippen LogP contribution is -2.25. The molecule has 4 nitrogen and oxygen atoms in total. The average molecular weight is 378 g/mol. The first-order chi connectivity index (χ1) is 12.2. The maximum Gasteiger partial charge on any atom is 0.161 e. The fraction of sp³-hybridized carbons (Fsp3) is 0.429. The van der Waals surface area contributed by atoms with Crippen LogP contribution in [0.4, 0.5) is 0 Å². The number of rotatable bonds is 8. The predicted molar refractivity (Wildman–Crippen MR) is 106 cm³/mol. The van der Waals surface area contributed by atoms with E-state index in [9.17, 15) is 0 Å². The second kappa shape index (κ2) is 10.4. The highest BCUT2D eigenvalue weighted by atomic mass is 35.5. The predicted octanol–water partition coefficient (Wildman–Crippen LogP) is 4.27. The Labute approximate surface area is 162 Å². The first-order valence-electron chi connectivity index (χ1n) is 8.92. The van der Waals surface area contributed by atoms with Crippen molar-refractivity contribution in [3.8, 4) is 11.5 Å². The number of methoxy groups -OCH3 is 1. The summed E-state index contributed by atoms with van der Waals surface area (Å²) < 4.78 is 17.1. The maximum absolute atomic E-state index is 5.94. The molecule has 1 unspecified atom stereocenters. The van der Waals surface area contributed by atoms with E-state index >= 15 is 0 Å². The van der Waals surface area contributed by atoms with Gasteiger partial charge in [0.05, 0.1) is 13.2 Å². The van der Waals surface area contributed by atoms with Crippen molar-refractivity contribution in [1.29, 1.82) is 0 Å². The zero-order valence-corrected chi connectivity index (χ0v) is 16.3. The molecule has 1 aliphatic heterocycles. The molecule has 0 saturated carbocycles. The van der Waals surface area contributed by atoms with Crippen molar-refractivity contribution in [3.63, 3.8) is 0 Å². The Balaban J connectivity index is 0.00000243. The van der Waals surface area contributed by atoms with Crippen LogP contribution in [0, 0.1) is 6.92 Å². The smallest absolute Gasteiger partial charge is 0.161 e. The quantitative estimate of drug-likeness (QED) is 0.745. The van der Waals surface area contributed by atoms with Gasteiger partial charge in [-0.15, -0.1) is 12.4 Å². The van der Waals surface area contributed by atoms with Gasteiger partial charge in [-0.3, -0.25) is 0 Å². The number of aryl methyl sites for hydroxylation is 1. The van der Waals surface area contributed by atoms with Gasteiger partial charge in [0.15, 0.2) is 11.5 Å². The zero-order valence-electron chi connectivity index (χ0n) is 15.5. The van der Waals surface area contributed by atoms with Gasteiger partial charge in [-0.25, -0.2) is 0 Å². The van der Waals surface area contributed by atoms with Crippen LogP contribution in [0.5, 0.6) is 11.5 Å². The normalized spacial score (nSPS) is 16.2. The standard InChI is InChI=1S/C21H27NO3.ClH/c1-16-5-3-6-18(11-16)15-25-20-9-8-17(12-21(20)23-2)13-22-14-19-7-4-10-24-19;/h3,5-6,8-9,11-12,19,22H,4,7,10,13-15H2,1-2H3;1H. The molecule has 0 aromatic heterocycles. The summed E-state index contributed by atoms with van der Waals surface area (Å²) in [7, 11) is 1.68. The average Bonchev–Trinajstić information content (AvgIpc) is 3.14. The fourth-order valence-electron chi connectivity index (χ4n) is 3.09. The SMILES string of the molecule is COc1cc(CNCC2CCCO2)ccc1OCc1cccc(C)c1.Cl. The molecule has 1 fully saturated rings. The highest BCUT2D eigenvalue weighted by Crippen LogP contribution is 2.29. The van der Waals surface area contributed by atoms with Gasteiger partial charge in [-0.2, -0.15) is 0 Å². The highest BCUT2D eigenvalue weighted by molar-refractivity contribution is 5.85. The van der Waals surface area contributed by atoms with Crippen LogP contribution < -0.4 is 14.8 Å². The molecule has 1 atom stereocenters. The summed E-state index contributed by atoms with van der Waals surface area (Å²) in [5, 5.41) is 3.46. The van der Waals surface area contributed by atoms with Gasteiger partial charge in [0, 0.05) is 19.7 Å². The molecule has 0 amide bonds. The molecule has 0 radical (unpaired) electrons. The second-order valence-electron chi connectivity index (χ2n) is 6.53. The first-order valence-corrected chi connectivity index (χ1v) is 8.92. The lowest BCUT2D eigenvalue weighted by molar-refractivity contribution is 0.110. The number of nitrogens with one attached hydrogen (secondary N) is 1. The minimum atomic E-state index is 0. The summed E-state index contributed by atoms with van der Waals surface area (Å²) in [5.41, 5.74) is 3.57. The van der Waals surface area contributed by atoms with Crippen molar-refractivity contribution < 1.29 is 14.2 Å². The van der Waals surface area contributed by atoms with Crippen LogP contribution >= 0.6 is 12.4 Å². The van der Waals surface area contributed by atoms with Gasteiger partial charge >= 0.3 is 0 Å².